The Morgan fingerprint density at radius 1 is 1.16 bits per heavy atom. The number of hydrogen-bond acceptors (Lipinski definition) is 2. The standard InChI is InChI=1S/C16H20ClNS/c1-3-10-18-15(16-14(17)9-11-19-16)13-7-5-12(4-2)6-8-13/h5-9,11,15,18H,3-4,10H2,1-2H3. The molecule has 1 aromatic carbocycles. The van der Waals surface area contributed by atoms with Gasteiger partial charge in [-0.1, -0.05) is 49.7 Å². The summed E-state index contributed by atoms with van der Waals surface area (Å²) in [4.78, 5) is 1.21. The predicted octanol–water partition coefficient (Wildman–Crippen LogP) is 5.05. The Kier molecular flexibility index (Phi) is 5.44. The molecule has 0 bridgehead atoms. The fourth-order valence-corrected chi connectivity index (χ4v) is 3.38. The second kappa shape index (κ2) is 7.09. The van der Waals surface area contributed by atoms with Crippen molar-refractivity contribution in [2.24, 2.45) is 0 Å². The van der Waals surface area contributed by atoms with Gasteiger partial charge in [0, 0.05) is 4.88 Å². The van der Waals surface area contributed by atoms with E-state index in [2.05, 4.69) is 48.8 Å². The molecule has 1 atom stereocenters. The van der Waals surface area contributed by atoms with E-state index in [1.807, 2.05) is 6.07 Å². The van der Waals surface area contributed by atoms with E-state index >= 15 is 0 Å². The number of hydrogen-bond donors (Lipinski definition) is 1. The zero-order valence-electron chi connectivity index (χ0n) is 11.4. The molecule has 0 aliphatic carbocycles. The van der Waals surface area contributed by atoms with E-state index in [4.69, 9.17) is 11.6 Å². The molecule has 0 saturated carbocycles. The molecular weight excluding hydrogens is 274 g/mol. The van der Waals surface area contributed by atoms with Crippen LogP contribution in [0.4, 0.5) is 0 Å². The van der Waals surface area contributed by atoms with Gasteiger partial charge in [0.2, 0.25) is 0 Å². The molecule has 3 heteroatoms. The van der Waals surface area contributed by atoms with Gasteiger partial charge in [-0.2, -0.15) is 0 Å². The van der Waals surface area contributed by atoms with Gasteiger partial charge in [-0.15, -0.1) is 11.3 Å². The maximum absolute atomic E-state index is 6.29. The van der Waals surface area contributed by atoms with Crippen LogP contribution in [-0.4, -0.2) is 6.54 Å². The quantitative estimate of drug-likeness (QED) is 0.785. The second-order valence-corrected chi connectivity index (χ2v) is 5.97. The van der Waals surface area contributed by atoms with Crippen molar-refractivity contribution >= 4 is 22.9 Å². The molecule has 19 heavy (non-hydrogen) atoms. The Bertz CT molecular complexity index is 504. The normalized spacial score (nSPS) is 12.6. The molecule has 1 N–H and O–H groups in total. The highest BCUT2D eigenvalue weighted by atomic mass is 35.5. The number of aryl methyl sites for hydroxylation is 1. The molecule has 1 aromatic heterocycles. The minimum atomic E-state index is 0.207. The van der Waals surface area contributed by atoms with E-state index in [9.17, 15) is 0 Å². The molecule has 2 aromatic rings. The van der Waals surface area contributed by atoms with Crippen LogP contribution in [-0.2, 0) is 6.42 Å². The summed E-state index contributed by atoms with van der Waals surface area (Å²) in [5.74, 6) is 0. The molecule has 1 unspecified atom stereocenters. The van der Waals surface area contributed by atoms with Gasteiger partial charge in [-0.05, 0) is 42.0 Å². The lowest BCUT2D eigenvalue weighted by Crippen LogP contribution is -2.22. The molecular formula is C16H20ClNS. The van der Waals surface area contributed by atoms with Crippen molar-refractivity contribution < 1.29 is 0 Å². The molecule has 0 aliphatic rings. The van der Waals surface area contributed by atoms with E-state index in [0.717, 1.165) is 24.4 Å². The van der Waals surface area contributed by atoms with Crippen LogP contribution >= 0.6 is 22.9 Å². The highest BCUT2D eigenvalue weighted by Gasteiger charge is 2.17. The summed E-state index contributed by atoms with van der Waals surface area (Å²) < 4.78 is 0. The van der Waals surface area contributed by atoms with E-state index < -0.39 is 0 Å². The van der Waals surface area contributed by atoms with Crippen LogP contribution in [0.3, 0.4) is 0 Å². The maximum Gasteiger partial charge on any atom is 0.0686 e. The molecule has 0 saturated heterocycles. The lowest BCUT2D eigenvalue weighted by Gasteiger charge is -2.18. The van der Waals surface area contributed by atoms with Gasteiger partial charge in [-0.3, -0.25) is 0 Å². The maximum atomic E-state index is 6.29. The van der Waals surface area contributed by atoms with Gasteiger partial charge >= 0.3 is 0 Å². The SMILES string of the molecule is CCCNC(c1ccc(CC)cc1)c1sccc1Cl. The third kappa shape index (κ3) is 3.59. The highest BCUT2D eigenvalue weighted by Crippen LogP contribution is 2.33. The molecule has 102 valence electrons. The van der Waals surface area contributed by atoms with Gasteiger partial charge in [0.15, 0.2) is 0 Å². The molecule has 0 radical (unpaired) electrons. The van der Waals surface area contributed by atoms with Crippen molar-refractivity contribution in [3.05, 3.63) is 56.7 Å². The molecule has 1 heterocycles. The fraction of sp³-hybridized carbons (Fsp3) is 0.375. The first-order valence-corrected chi connectivity index (χ1v) is 8.07. The van der Waals surface area contributed by atoms with Crippen molar-refractivity contribution in [1.29, 1.82) is 0 Å². The van der Waals surface area contributed by atoms with Crippen molar-refractivity contribution in [2.45, 2.75) is 32.7 Å². The first kappa shape index (κ1) is 14.6. The smallest absolute Gasteiger partial charge is 0.0686 e. The zero-order valence-corrected chi connectivity index (χ0v) is 13.0. The number of benzene rings is 1. The summed E-state index contributed by atoms with van der Waals surface area (Å²) in [5, 5.41) is 6.51. The highest BCUT2D eigenvalue weighted by molar-refractivity contribution is 7.10. The number of thiophene rings is 1. The van der Waals surface area contributed by atoms with Gasteiger partial charge < -0.3 is 5.32 Å². The van der Waals surface area contributed by atoms with E-state index in [1.54, 1.807) is 11.3 Å². The van der Waals surface area contributed by atoms with Crippen molar-refractivity contribution in [2.75, 3.05) is 6.54 Å². The van der Waals surface area contributed by atoms with Crippen LogP contribution in [0.25, 0.3) is 0 Å². The van der Waals surface area contributed by atoms with Gasteiger partial charge in [0.1, 0.15) is 0 Å². The Morgan fingerprint density at radius 2 is 1.89 bits per heavy atom. The van der Waals surface area contributed by atoms with Crippen molar-refractivity contribution in [3.63, 3.8) is 0 Å². The zero-order chi connectivity index (χ0) is 13.7. The predicted molar refractivity (Wildman–Crippen MR) is 85.3 cm³/mol. The second-order valence-electron chi connectivity index (χ2n) is 4.62. The Balaban J connectivity index is 2.28. The molecule has 1 nitrogen and oxygen atoms in total. The fourth-order valence-electron chi connectivity index (χ4n) is 2.11. The van der Waals surface area contributed by atoms with Crippen LogP contribution in [0.5, 0.6) is 0 Å². The van der Waals surface area contributed by atoms with E-state index in [-0.39, 0.29) is 6.04 Å². The average Bonchev–Trinajstić information content (AvgIpc) is 2.86. The van der Waals surface area contributed by atoms with Gasteiger partial charge in [0.05, 0.1) is 11.1 Å². The Hall–Kier alpha value is -0.830. The molecule has 0 amide bonds. The molecule has 2 rings (SSSR count). The first-order chi connectivity index (χ1) is 9.26. The Labute approximate surface area is 124 Å². The lowest BCUT2D eigenvalue weighted by molar-refractivity contribution is 0.606. The van der Waals surface area contributed by atoms with E-state index in [1.165, 1.54) is 16.0 Å². The van der Waals surface area contributed by atoms with Crippen LogP contribution < -0.4 is 5.32 Å². The summed E-state index contributed by atoms with van der Waals surface area (Å²) in [6.07, 6.45) is 2.19. The van der Waals surface area contributed by atoms with Gasteiger partial charge in [0.25, 0.3) is 0 Å². The van der Waals surface area contributed by atoms with Gasteiger partial charge in [-0.25, -0.2) is 0 Å². The summed E-state index contributed by atoms with van der Waals surface area (Å²) in [6.45, 7) is 5.35. The molecule has 0 fully saturated rings. The minimum Gasteiger partial charge on any atom is -0.306 e. The first-order valence-electron chi connectivity index (χ1n) is 6.81. The third-order valence-electron chi connectivity index (χ3n) is 3.23. The topological polar surface area (TPSA) is 12.0 Å². The number of nitrogens with one attached hydrogen (secondary N) is 1. The van der Waals surface area contributed by atoms with Crippen molar-refractivity contribution in [1.82, 2.24) is 5.32 Å². The van der Waals surface area contributed by atoms with Crippen LogP contribution in [0, 0.1) is 0 Å². The summed E-state index contributed by atoms with van der Waals surface area (Å²) in [7, 11) is 0. The summed E-state index contributed by atoms with van der Waals surface area (Å²) in [6, 6.07) is 11.0. The number of halogens is 1. The van der Waals surface area contributed by atoms with Crippen LogP contribution in [0.15, 0.2) is 35.7 Å². The summed E-state index contributed by atoms with van der Waals surface area (Å²) >= 11 is 8.01. The van der Waals surface area contributed by atoms with E-state index in [0.29, 0.717) is 0 Å². The minimum absolute atomic E-state index is 0.207. The van der Waals surface area contributed by atoms with Crippen LogP contribution in [0.1, 0.15) is 42.3 Å². The molecule has 0 aliphatic heterocycles. The average molecular weight is 294 g/mol. The lowest BCUT2D eigenvalue weighted by atomic mass is 10.0. The number of rotatable bonds is 6. The monoisotopic (exact) mass is 293 g/mol. The van der Waals surface area contributed by atoms with Crippen LogP contribution in [0.2, 0.25) is 5.02 Å². The molecule has 0 spiro atoms. The third-order valence-corrected chi connectivity index (χ3v) is 4.65. The summed E-state index contributed by atoms with van der Waals surface area (Å²) in [5.41, 5.74) is 2.66. The van der Waals surface area contributed by atoms with Crippen molar-refractivity contribution in [3.8, 4) is 0 Å². The largest absolute Gasteiger partial charge is 0.306 e. The Morgan fingerprint density at radius 3 is 2.42 bits per heavy atom.